The van der Waals surface area contributed by atoms with Crippen LogP contribution in [0, 0.1) is 0 Å². The van der Waals surface area contributed by atoms with E-state index in [4.69, 9.17) is 4.99 Å². The fourth-order valence-corrected chi connectivity index (χ4v) is 5.07. The highest BCUT2D eigenvalue weighted by Crippen LogP contribution is 2.23. The molecule has 0 aliphatic carbocycles. The van der Waals surface area contributed by atoms with Crippen LogP contribution >= 0.6 is 0 Å². The molecule has 1 aliphatic heterocycles. The predicted octanol–water partition coefficient (Wildman–Crippen LogP) is 7.14. The molecule has 180 valence electrons. The average Bonchev–Trinajstić information content (AvgIpc) is 3.17. The number of likely N-dealkylation sites (N-methyl/N-ethyl adjacent to an activating group) is 1. The van der Waals surface area contributed by atoms with E-state index < -0.39 is 0 Å². The molecule has 1 aliphatic rings. The van der Waals surface area contributed by atoms with Gasteiger partial charge >= 0.3 is 0 Å². The van der Waals surface area contributed by atoms with Crippen molar-refractivity contribution >= 4 is 11.7 Å². The highest BCUT2D eigenvalue weighted by Gasteiger charge is 2.41. The fourth-order valence-electron chi connectivity index (χ4n) is 5.07. The smallest absolute Gasteiger partial charge is 0.221 e. The molecule has 0 saturated heterocycles. The van der Waals surface area contributed by atoms with Crippen LogP contribution in [0.5, 0.6) is 0 Å². The van der Waals surface area contributed by atoms with E-state index in [0.717, 1.165) is 30.5 Å². The van der Waals surface area contributed by atoms with Crippen LogP contribution in [0.3, 0.4) is 0 Å². The molecular weight excluding hydrogens is 382 g/mol. The Kier molecular flexibility index (Phi) is 15.6. The molecule has 0 fully saturated rings. The summed E-state index contributed by atoms with van der Waals surface area (Å²) in [6.07, 6.45) is 23.8. The van der Waals surface area contributed by atoms with Gasteiger partial charge in [0.2, 0.25) is 5.91 Å². The first-order valence-corrected chi connectivity index (χ1v) is 13.4. The zero-order valence-corrected chi connectivity index (χ0v) is 21.1. The first kappa shape index (κ1) is 27.9. The van der Waals surface area contributed by atoms with Crippen molar-refractivity contribution in [2.45, 2.75) is 130 Å². The molecule has 0 spiro atoms. The minimum absolute atomic E-state index is 0.0592. The number of nitrogens with one attached hydrogen (secondary N) is 1. The number of quaternary nitrogens is 1. The van der Waals surface area contributed by atoms with Crippen LogP contribution < -0.4 is 5.32 Å². The minimum Gasteiger partial charge on any atom is -0.307 e. The van der Waals surface area contributed by atoms with Crippen molar-refractivity contribution in [3.63, 3.8) is 0 Å². The zero-order chi connectivity index (χ0) is 22.8. The Morgan fingerprint density at radius 2 is 1.45 bits per heavy atom. The van der Waals surface area contributed by atoms with Crippen LogP contribution in [0.15, 0.2) is 17.6 Å². The van der Waals surface area contributed by atoms with Gasteiger partial charge in [-0.3, -0.25) is 9.28 Å². The topological polar surface area (TPSA) is 41.5 Å². The van der Waals surface area contributed by atoms with Crippen LogP contribution in [0.1, 0.15) is 124 Å². The number of rotatable bonds is 20. The highest BCUT2D eigenvalue weighted by atomic mass is 16.1. The number of nitrogens with zero attached hydrogens (tertiary/aromatic N) is 2. The van der Waals surface area contributed by atoms with Crippen molar-refractivity contribution in [3.05, 3.63) is 12.7 Å². The Morgan fingerprint density at radius 3 is 1.90 bits per heavy atom. The summed E-state index contributed by atoms with van der Waals surface area (Å²) in [5.41, 5.74) is 0. The van der Waals surface area contributed by atoms with Crippen LogP contribution in [0.4, 0.5) is 0 Å². The summed E-state index contributed by atoms with van der Waals surface area (Å²) in [6, 6.07) is 0. The number of carbonyl (C=O) groups is 1. The van der Waals surface area contributed by atoms with E-state index in [1.165, 1.54) is 102 Å². The minimum atomic E-state index is 0.0592. The van der Waals surface area contributed by atoms with Gasteiger partial charge in [-0.25, -0.2) is 4.99 Å². The monoisotopic (exact) mass is 434 g/mol. The van der Waals surface area contributed by atoms with Crippen molar-refractivity contribution in [1.29, 1.82) is 0 Å². The average molecular weight is 435 g/mol. The van der Waals surface area contributed by atoms with Gasteiger partial charge in [0.05, 0.1) is 13.1 Å². The van der Waals surface area contributed by atoms with Gasteiger partial charge < -0.3 is 5.32 Å². The van der Waals surface area contributed by atoms with Gasteiger partial charge in [-0.1, -0.05) is 83.1 Å². The number of carbonyl (C=O) groups excluding carboxylic acids is 1. The number of hydrogen-bond donors (Lipinski definition) is 1. The molecule has 1 rings (SSSR count). The third-order valence-corrected chi connectivity index (χ3v) is 7.08. The standard InChI is InChI=1S/C27H51N3O/c1-5-7-8-9-10-11-12-13-14-15-16-17-18-19-20-21-22-27-28-23-24-30(27,6-2)25(3)29-26(4)31/h5,25H,1,6-24H2,2-4H3/p+1. The molecule has 1 heterocycles. The Labute approximate surface area is 193 Å². The number of hydrogen-bond acceptors (Lipinski definition) is 2. The number of amides is 1. The molecule has 0 aromatic rings. The molecular formula is C27H52N3O+. The van der Waals surface area contributed by atoms with E-state index in [1.807, 2.05) is 6.08 Å². The number of unbranched alkanes of at least 4 members (excludes halogenated alkanes) is 14. The Balaban J connectivity index is 2.00. The quantitative estimate of drug-likeness (QED) is 0.123. The van der Waals surface area contributed by atoms with Crippen LogP contribution in [0.2, 0.25) is 0 Å². The molecule has 0 aromatic heterocycles. The number of aliphatic imine (C=N–C) groups is 1. The third-order valence-electron chi connectivity index (χ3n) is 7.08. The molecule has 4 nitrogen and oxygen atoms in total. The summed E-state index contributed by atoms with van der Waals surface area (Å²) in [6.45, 7) is 12.7. The van der Waals surface area contributed by atoms with Gasteiger partial charge in [0.25, 0.3) is 0 Å². The van der Waals surface area contributed by atoms with Crippen molar-refractivity contribution in [2.75, 3.05) is 19.6 Å². The maximum absolute atomic E-state index is 11.5. The molecule has 0 aromatic carbocycles. The van der Waals surface area contributed by atoms with Gasteiger partial charge in [-0.2, -0.15) is 0 Å². The Bertz CT molecular complexity index is 517. The largest absolute Gasteiger partial charge is 0.307 e. The predicted molar refractivity (Wildman–Crippen MR) is 135 cm³/mol. The first-order valence-electron chi connectivity index (χ1n) is 13.4. The summed E-state index contributed by atoms with van der Waals surface area (Å²) in [5, 5.41) is 3.11. The summed E-state index contributed by atoms with van der Waals surface area (Å²) in [7, 11) is 0. The lowest BCUT2D eigenvalue weighted by Gasteiger charge is -2.39. The molecule has 0 saturated carbocycles. The number of allylic oxidation sites excluding steroid dienone is 1. The van der Waals surface area contributed by atoms with Gasteiger partial charge in [-0.15, -0.1) is 6.58 Å². The SMILES string of the molecule is C=CCCCCCCCCCCCCCCCCC1=NCC[N+]1(CC)C(C)NC(C)=O. The summed E-state index contributed by atoms with van der Waals surface area (Å²) in [4.78, 5) is 16.4. The van der Waals surface area contributed by atoms with Crippen molar-refractivity contribution in [3.8, 4) is 0 Å². The van der Waals surface area contributed by atoms with Crippen LogP contribution in [-0.4, -0.2) is 42.0 Å². The summed E-state index contributed by atoms with van der Waals surface area (Å²) in [5.74, 6) is 1.37. The van der Waals surface area contributed by atoms with Gasteiger partial charge in [0.15, 0.2) is 12.0 Å². The van der Waals surface area contributed by atoms with E-state index in [-0.39, 0.29) is 12.1 Å². The van der Waals surface area contributed by atoms with E-state index in [0.29, 0.717) is 0 Å². The molecule has 2 atom stereocenters. The van der Waals surface area contributed by atoms with Crippen molar-refractivity contribution in [2.24, 2.45) is 4.99 Å². The lowest BCUT2D eigenvalue weighted by atomic mass is 10.0. The van der Waals surface area contributed by atoms with E-state index in [2.05, 4.69) is 25.7 Å². The maximum Gasteiger partial charge on any atom is 0.221 e. The van der Waals surface area contributed by atoms with E-state index >= 15 is 0 Å². The van der Waals surface area contributed by atoms with Gasteiger partial charge in [0, 0.05) is 20.3 Å². The molecule has 0 bridgehead atoms. The summed E-state index contributed by atoms with van der Waals surface area (Å²) >= 11 is 0. The zero-order valence-electron chi connectivity index (χ0n) is 21.1. The maximum atomic E-state index is 11.5. The van der Waals surface area contributed by atoms with Crippen LogP contribution in [0.25, 0.3) is 0 Å². The van der Waals surface area contributed by atoms with Crippen LogP contribution in [-0.2, 0) is 4.79 Å². The van der Waals surface area contributed by atoms with Gasteiger partial charge in [-0.05, 0) is 26.2 Å². The molecule has 1 N–H and O–H groups in total. The third kappa shape index (κ3) is 11.3. The molecule has 4 heteroatoms. The first-order chi connectivity index (χ1) is 15.1. The van der Waals surface area contributed by atoms with Gasteiger partial charge in [0.1, 0.15) is 6.54 Å². The second-order valence-electron chi connectivity index (χ2n) is 9.53. The number of amidine groups is 1. The molecule has 2 unspecified atom stereocenters. The Hall–Kier alpha value is -1.16. The lowest BCUT2D eigenvalue weighted by Crippen LogP contribution is -2.62. The second kappa shape index (κ2) is 17.4. The van der Waals surface area contributed by atoms with E-state index in [1.54, 1.807) is 6.92 Å². The van der Waals surface area contributed by atoms with Crippen molar-refractivity contribution in [1.82, 2.24) is 5.32 Å². The molecule has 0 radical (unpaired) electrons. The van der Waals surface area contributed by atoms with E-state index in [9.17, 15) is 4.79 Å². The normalized spacial score (nSPS) is 19.3. The second-order valence-corrected chi connectivity index (χ2v) is 9.53. The fraction of sp³-hybridized carbons (Fsp3) is 0.852. The molecule has 1 amide bonds. The lowest BCUT2D eigenvalue weighted by molar-refractivity contribution is -0.861. The highest BCUT2D eigenvalue weighted by molar-refractivity contribution is 5.78. The molecule has 31 heavy (non-hydrogen) atoms. The summed E-state index contributed by atoms with van der Waals surface area (Å²) < 4.78 is 0.856. The van der Waals surface area contributed by atoms with Crippen molar-refractivity contribution < 1.29 is 9.28 Å². The Morgan fingerprint density at radius 1 is 0.968 bits per heavy atom.